The number of hydrogen-bond acceptors (Lipinski definition) is 4. The normalized spacial score (nSPS) is 11.9. The number of pyridine rings is 2. The Morgan fingerprint density at radius 2 is 0.905 bits per heavy atom. The molecule has 0 amide bonds. The van der Waals surface area contributed by atoms with Crippen LogP contribution < -0.4 is 9.80 Å². The Hall–Kier alpha value is -8.73. The number of aryl methyl sites for hydroxylation is 2. The summed E-state index contributed by atoms with van der Waals surface area (Å²) < 4.78 is 0. The molecule has 0 aliphatic carbocycles. The maximum atomic E-state index is 4.73. The first kappa shape index (κ1) is 47.6. The SMILES string of the molecule is [Ir].[c-]1cc(CCc2cc(-c3ccccc3-c3c[c-]c(N4C=CN(c5ccccc5)[CH-]4)cc3)cc(-c3ccccc3-c3c[c-]c(-c4ccccn4)cc3-c3ccc(-c4ccccc4)cc3)c2)ccc1-c1ccccn1. The van der Waals surface area contributed by atoms with Crippen molar-refractivity contribution in [3.05, 3.63) is 297 Å². The molecule has 0 unspecified atom stereocenters. The van der Waals surface area contributed by atoms with Gasteiger partial charge in [0.15, 0.2) is 0 Å². The van der Waals surface area contributed by atoms with E-state index in [0.717, 1.165) is 102 Å². The van der Waals surface area contributed by atoms with E-state index in [9.17, 15) is 0 Å². The van der Waals surface area contributed by atoms with Crippen molar-refractivity contribution in [2.45, 2.75) is 12.8 Å². The summed E-state index contributed by atoms with van der Waals surface area (Å²) in [5.41, 5.74) is 22.0. The first-order chi connectivity index (χ1) is 36.2. The van der Waals surface area contributed by atoms with E-state index in [4.69, 9.17) is 4.98 Å². The molecule has 0 saturated carbocycles. The Morgan fingerprint density at radius 1 is 0.351 bits per heavy atom. The largest absolute Gasteiger partial charge is 0.500 e. The van der Waals surface area contributed by atoms with Gasteiger partial charge in [-0.3, -0.25) is 0 Å². The van der Waals surface area contributed by atoms with Crippen molar-refractivity contribution >= 4 is 11.4 Å². The molecule has 1 radical (unpaired) electrons. The standard InChI is InChI=1S/C69H48N4.Ir/c1-3-15-52(16-4-1)53-31-33-55(34-32-53)67-48-57(69-24-12-14-42-71-69)37-40-66(67)65-22-10-9-21-64(65)59-46-51(26-25-50-27-29-56(30-28-50)68-23-11-13-41-70-68)45-58(47-59)63-20-8-7-19-62(63)54-35-38-61(39-36-54)73-44-43-72(49-73)60-17-5-2-6-18-60;/h1-24,27-29,31-36,38,40-49H,25-26H2;/q-4;. The number of aromatic nitrogens is 2. The summed E-state index contributed by atoms with van der Waals surface area (Å²) in [6.45, 7) is 2.09. The molecule has 11 aromatic rings. The van der Waals surface area contributed by atoms with E-state index in [-0.39, 0.29) is 20.1 Å². The summed E-state index contributed by atoms with van der Waals surface area (Å²) in [4.78, 5) is 13.5. The maximum absolute atomic E-state index is 4.73. The number of nitrogens with zero attached hydrogens (tertiary/aromatic N) is 4. The average Bonchev–Trinajstić information content (AvgIpc) is 3.99. The molecule has 9 aromatic carbocycles. The second kappa shape index (κ2) is 21.9. The molecule has 0 N–H and O–H groups in total. The van der Waals surface area contributed by atoms with E-state index in [2.05, 4.69) is 252 Å². The van der Waals surface area contributed by atoms with Gasteiger partial charge in [-0.15, -0.1) is 83.1 Å². The third-order valence-electron chi connectivity index (χ3n) is 13.6. The van der Waals surface area contributed by atoms with E-state index in [0.29, 0.717) is 0 Å². The topological polar surface area (TPSA) is 32.3 Å². The van der Waals surface area contributed by atoms with E-state index < -0.39 is 0 Å². The van der Waals surface area contributed by atoms with Gasteiger partial charge in [-0.1, -0.05) is 186 Å². The third kappa shape index (κ3) is 10.3. The summed E-state index contributed by atoms with van der Waals surface area (Å²) in [6.07, 6.45) is 9.52. The molecule has 5 heteroatoms. The van der Waals surface area contributed by atoms with Gasteiger partial charge in [0, 0.05) is 38.2 Å². The van der Waals surface area contributed by atoms with E-state index in [1.54, 1.807) is 0 Å². The van der Waals surface area contributed by atoms with Crippen LogP contribution >= 0.6 is 0 Å². The molecule has 0 fully saturated rings. The van der Waals surface area contributed by atoms with E-state index in [1.165, 1.54) is 22.3 Å². The fourth-order valence-corrected chi connectivity index (χ4v) is 9.78. The summed E-state index contributed by atoms with van der Waals surface area (Å²) in [5, 5.41) is 0. The van der Waals surface area contributed by atoms with Gasteiger partial charge in [0.1, 0.15) is 0 Å². The van der Waals surface area contributed by atoms with Gasteiger partial charge in [-0.05, 0) is 105 Å². The summed E-state index contributed by atoms with van der Waals surface area (Å²) in [7, 11) is 0. The van der Waals surface area contributed by atoms with Gasteiger partial charge >= 0.3 is 0 Å². The number of benzene rings is 9. The van der Waals surface area contributed by atoms with Crippen LogP contribution in [-0.2, 0) is 32.9 Å². The summed E-state index contributed by atoms with van der Waals surface area (Å²) in [5.74, 6) is 0. The van der Waals surface area contributed by atoms with Crippen molar-refractivity contribution in [2.24, 2.45) is 0 Å². The van der Waals surface area contributed by atoms with Crippen LogP contribution in [-0.4, -0.2) is 9.97 Å². The first-order valence-electron chi connectivity index (χ1n) is 24.7. The molecule has 1 aliphatic heterocycles. The van der Waals surface area contributed by atoms with Crippen LogP contribution in [0, 0.1) is 24.9 Å². The summed E-state index contributed by atoms with van der Waals surface area (Å²) in [6, 6.07) is 94.7. The second-order valence-corrected chi connectivity index (χ2v) is 18.2. The Bertz CT molecular complexity index is 3670. The van der Waals surface area contributed by atoms with Crippen molar-refractivity contribution in [3.63, 3.8) is 0 Å². The Balaban J connectivity index is 0.00000588. The minimum absolute atomic E-state index is 0. The van der Waals surface area contributed by atoms with Gasteiger partial charge in [0.05, 0.1) is 0 Å². The van der Waals surface area contributed by atoms with Crippen LogP contribution in [0.3, 0.4) is 0 Å². The third-order valence-corrected chi connectivity index (χ3v) is 13.6. The Labute approximate surface area is 448 Å². The minimum Gasteiger partial charge on any atom is -0.500 e. The zero-order chi connectivity index (χ0) is 48.8. The predicted molar refractivity (Wildman–Crippen MR) is 301 cm³/mol. The minimum atomic E-state index is 0. The number of rotatable bonds is 13. The average molecular weight is 1130 g/mol. The van der Waals surface area contributed by atoms with Crippen LogP contribution in [0.4, 0.5) is 11.4 Å². The molecule has 357 valence electrons. The molecular weight excluding hydrogens is 1080 g/mol. The van der Waals surface area contributed by atoms with Crippen LogP contribution in [0.2, 0.25) is 0 Å². The second-order valence-electron chi connectivity index (χ2n) is 18.2. The van der Waals surface area contributed by atoms with Crippen molar-refractivity contribution in [3.8, 4) is 89.3 Å². The molecule has 74 heavy (non-hydrogen) atoms. The van der Waals surface area contributed by atoms with E-state index >= 15 is 0 Å². The van der Waals surface area contributed by atoms with Crippen LogP contribution in [0.25, 0.3) is 89.3 Å². The molecule has 1 aliphatic rings. The zero-order valence-corrected chi connectivity index (χ0v) is 42.8. The quantitative estimate of drug-likeness (QED) is 0.108. The molecule has 0 spiro atoms. The summed E-state index contributed by atoms with van der Waals surface area (Å²) >= 11 is 0. The Kier molecular flexibility index (Phi) is 14.1. The zero-order valence-electron chi connectivity index (χ0n) is 40.4. The van der Waals surface area contributed by atoms with Crippen molar-refractivity contribution in [2.75, 3.05) is 9.80 Å². The Morgan fingerprint density at radius 3 is 1.55 bits per heavy atom. The van der Waals surface area contributed by atoms with E-state index in [1.807, 2.05) is 48.8 Å². The fourth-order valence-electron chi connectivity index (χ4n) is 9.78. The van der Waals surface area contributed by atoms with Gasteiger partial charge in [0.25, 0.3) is 0 Å². The molecule has 2 aromatic heterocycles. The number of anilines is 2. The van der Waals surface area contributed by atoms with Crippen molar-refractivity contribution < 1.29 is 20.1 Å². The van der Waals surface area contributed by atoms with Crippen LogP contribution in [0.1, 0.15) is 11.1 Å². The molecule has 4 nitrogen and oxygen atoms in total. The van der Waals surface area contributed by atoms with Gasteiger partial charge < -0.3 is 19.8 Å². The predicted octanol–water partition coefficient (Wildman–Crippen LogP) is 16.9. The number of hydrogen-bond donors (Lipinski definition) is 0. The van der Waals surface area contributed by atoms with Gasteiger partial charge in [-0.2, -0.15) is 18.2 Å². The molecule has 0 saturated heterocycles. The molecule has 3 heterocycles. The van der Waals surface area contributed by atoms with Gasteiger partial charge in [-0.25, -0.2) is 0 Å². The maximum Gasteiger partial charge on any atom is 0.0160 e. The monoisotopic (exact) mass is 1130 g/mol. The van der Waals surface area contributed by atoms with Crippen LogP contribution in [0.5, 0.6) is 0 Å². The molecule has 0 bridgehead atoms. The van der Waals surface area contributed by atoms with Gasteiger partial charge in [0.2, 0.25) is 0 Å². The molecule has 0 atom stereocenters. The fraction of sp³-hybridized carbons (Fsp3) is 0.0290. The smallest absolute Gasteiger partial charge is 0.0160 e. The van der Waals surface area contributed by atoms with Crippen LogP contribution in [0.15, 0.2) is 261 Å². The number of para-hydroxylation sites is 1. The van der Waals surface area contributed by atoms with Crippen molar-refractivity contribution in [1.29, 1.82) is 0 Å². The first-order valence-corrected chi connectivity index (χ1v) is 24.7. The van der Waals surface area contributed by atoms with Crippen molar-refractivity contribution in [1.82, 2.24) is 9.97 Å². The molecular formula is C69H48IrN4-4. The molecule has 12 rings (SSSR count).